The largest absolute Gasteiger partial charge is 0.756 e. The van der Waals surface area contributed by atoms with Crippen LogP contribution in [0.25, 0.3) is 0 Å². The van der Waals surface area contributed by atoms with Gasteiger partial charge >= 0.3 is 11.9 Å². The lowest BCUT2D eigenvalue weighted by Crippen LogP contribution is -2.37. The summed E-state index contributed by atoms with van der Waals surface area (Å²) in [5, 5.41) is 0. The number of unbranched alkanes of at least 4 members (excludes halogenated alkanes) is 31. The van der Waals surface area contributed by atoms with Gasteiger partial charge < -0.3 is 27.9 Å². The highest BCUT2D eigenvalue weighted by atomic mass is 31.2. The normalized spacial score (nSPS) is 13.7. The molecule has 0 bridgehead atoms. The molecule has 0 heterocycles. The Morgan fingerprint density at radius 3 is 1.19 bits per heavy atom. The Kier molecular flexibility index (Phi) is 51.8. The lowest BCUT2D eigenvalue weighted by Gasteiger charge is -2.28. The van der Waals surface area contributed by atoms with Crippen LogP contribution in [0.5, 0.6) is 0 Å². The van der Waals surface area contributed by atoms with Crippen molar-refractivity contribution in [3.8, 4) is 0 Å². The maximum absolute atomic E-state index is 12.8. The van der Waals surface area contributed by atoms with E-state index in [2.05, 4.69) is 74.6 Å². The number of hydrogen-bond acceptors (Lipinski definition) is 8. The molecule has 0 amide bonds. The average Bonchev–Trinajstić information content (AvgIpc) is 3.34. The molecule has 0 aliphatic carbocycles. The summed E-state index contributed by atoms with van der Waals surface area (Å²) in [6.07, 6.45) is 68.4. The fourth-order valence-electron chi connectivity index (χ4n) is 8.41. The number of carbonyl (C=O) groups excluding carboxylic acids is 2. The minimum Gasteiger partial charge on any atom is -0.756 e. The quantitative estimate of drug-likeness (QED) is 0.0195. The van der Waals surface area contributed by atoms with Gasteiger partial charge in [-0.25, -0.2) is 0 Å². The zero-order valence-corrected chi connectivity index (χ0v) is 48.5. The van der Waals surface area contributed by atoms with E-state index in [-0.39, 0.29) is 32.0 Å². The smallest absolute Gasteiger partial charge is 0.306 e. The molecule has 0 aromatic heterocycles. The van der Waals surface area contributed by atoms with Crippen LogP contribution in [0.3, 0.4) is 0 Å². The third-order valence-electron chi connectivity index (χ3n) is 13.0. The summed E-state index contributed by atoms with van der Waals surface area (Å²) in [4.78, 5) is 37.9. The second-order valence-corrected chi connectivity index (χ2v) is 22.7. The summed E-state index contributed by atoms with van der Waals surface area (Å²) >= 11 is 0. The number of hydrogen-bond donors (Lipinski definition) is 0. The second-order valence-electron chi connectivity index (χ2n) is 21.3. The highest BCUT2D eigenvalue weighted by Gasteiger charge is 2.22. The van der Waals surface area contributed by atoms with Gasteiger partial charge in [-0.15, -0.1) is 0 Å². The molecule has 10 heteroatoms. The van der Waals surface area contributed by atoms with Crippen LogP contribution in [0.4, 0.5) is 0 Å². The molecule has 0 aliphatic heterocycles. The number of nitrogens with zero attached hydrogens (tertiary/aromatic N) is 1. The predicted octanol–water partition coefficient (Wildman–Crippen LogP) is 18.1. The first-order valence-electron chi connectivity index (χ1n) is 30.0. The molecule has 0 fully saturated rings. The number of ether oxygens (including phenoxy) is 2. The van der Waals surface area contributed by atoms with Crippen LogP contribution in [0.1, 0.15) is 271 Å². The van der Waals surface area contributed by atoms with Crippen molar-refractivity contribution in [2.24, 2.45) is 0 Å². The number of rotatable bonds is 55. The monoisotopic (exact) mass is 1030 g/mol. The summed E-state index contributed by atoms with van der Waals surface area (Å²) in [7, 11) is 1.17. The van der Waals surface area contributed by atoms with Crippen LogP contribution in [-0.2, 0) is 32.7 Å². The molecule has 72 heavy (non-hydrogen) atoms. The Labute approximate surface area is 445 Å². The third kappa shape index (κ3) is 57.0. The molecule has 0 spiro atoms. The number of carbonyl (C=O) groups is 2. The van der Waals surface area contributed by atoms with E-state index in [1.165, 1.54) is 161 Å². The van der Waals surface area contributed by atoms with E-state index in [9.17, 15) is 19.0 Å². The summed E-state index contributed by atoms with van der Waals surface area (Å²) in [5.74, 6) is -0.829. The Morgan fingerprint density at radius 2 is 0.792 bits per heavy atom. The zero-order chi connectivity index (χ0) is 52.7. The van der Waals surface area contributed by atoms with Crippen LogP contribution >= 0.6 is 7.82 Å². The second kappa shape index (κ2) is 53.5. The summed E-state index contributed by atoms with van der Waals surface area (Å²) in [6.45, 7) is 4.15. The van der Waals surface area contributed by atoms with Crippen LogP contribution in [0, 0.1) is 0 Å². The average molecular weight is 1030 g/mol. The molecule has 0 saturated heterocycles. The van der Waals surface area contributed by atoms with Gasteiger partial charge in [0.1, 0.15) is 19.8 Å². The SMILES string of the molecule is CC/C=C\C/C=C\C/C=C\C/C=C\CCCCCCCCCCCCCCCCCCCCC(=O)OC(COC(=O)CCCCCCCCC/C=C\CCCCCCCC)COP(=O)([O-])OCC[N+](C)(C)C. The summed E-state index contributed by atoms with van der Waals surface area (Å²) < 4.78 is 34.2. The standard InChI is InChI=1S/C62H114NO8P/c1-6-8-10-12-14-16-18-20-22-24-25-26-27-28-29-30-31-32-33-34-35-36-37-39-41-43-45-47-49-51-53-55-62(65)71-60(59-70-72(66,67)69-57-56-63(3,4)5)58-68-61(64)54-52-50-48-46-44-42-40-38-23-21-19-17-15-13-11-9-7-2/h8,10,14,16,20-23,25-26,60H,6-7,9,11-13,15,17-19,24,27-59H2,1-5H3/b10-8-,16-14-,22-20-,23-21-,26-25-. The van der Waals surface area contributed by atoms with Gasteiger partial charge in [-0.3, -0.25) is 14.2 Å². The van der Waals surface area contributed by atoms with E-state index >= 15 is 0 Å². The molecule has 2 unspecified atom stereocenters. The number of esters is 2. The van der Waals surface area contributed by atoms with E-state index in [1.54, 1.807) is 0 Å². The van der Waals surface area contributed by atoms with Crippen molar-refractivity contribution < 1.29 is 42.1 Å². The fraction of sp³-hybridized carbons (Fsp3) is 0.806. The van der Waals surface area contributed by atoms with Crippen molar-refractivity contribution in [3.05, 3.63) is 60.8 Å². The molecule has 2 atom stereocenters. The fourth-order valence-corrected chi connectivity index (χ4v) is 9.14. The van der Waals surface area contributed by atoms with Crippen LogP contribution < -0.4 is 4.89 Å². The maximum Gasteiger partial charge on any atom is 0.306 e. The molecule has 0 N–H and O–H groups in total. The highest BCUT2D eigenvalue weighted by molar-refractivity contribution is 7.45. The topological polar surface area (TPSA) is 111 Å². The van der Waals surface area contributed by atoms with Gasteiger partial charge in [-0.1, -0.05) is 242 Å². The number of phosphoric ester groups is 1. The highest BCUT2D eigenvalue weighted by Crippen LogP contribution is 2.38. The maximum atomic E-state index is 12.8. The molecule has 0 aliphatic rings. The van der Waals surface area contributed by atoms with Crippen molar-refractivity contribution in [1.82, 2.24) is 0 Å². The van der Waals surface area contributed by atoms with Crippen LogP contribution in [0.2, 0.25) is 0 Å². The van der Waals surface area contributed by atoms with E-state index in [1.807, 2.05) is 21.1 Å². The van der Waals surface area contributed by atoms with Gasteiger partial charge in [0.2, 0.25) is 0 Å². The minimum absolute atomic E-state index is 0.0312. The van der Waals surface area contributed by atoms with Crippen LogP contribution in [0.15, 0.2) is 60.8 Å². The molecule has 0 aromatic carbocycles. The van der Waals surface area contributed by atoms with Gasteiger partial charge in [0.25, 0.3) is 7.82 Å². The Hall–Kier alpha value is -2.29. The molecular formula is C62H114NO8P. The van der Waals surface area contributed by atoms with E-state index in [0.717, 1.165) is 77.0 Å². The molecule has 0 saturated carbocycles. The van der Waals surface area contributed by atoms with E-state index in [4.69, 9.17) is 18.5 Å². The summed E-state index contributed by atoms with van der Waals surface area (Å²) in [6, 6.07) is 0. The van der Waals surface area contributed by atoms with Crippen molar-refractivity contribution in [2.45, 2.75) is 277 Å². The third-order valence-corrected chi connectivity index (χ3v) is 14.0. The molecule has 0 rings (SSSR count). The Bertz CT molecular complexity index is 1400. The molecule has 0 aromatic rings. The molecule has 0 radical (unpaired) electrons. The van der Waals surface area contributed by atoms with Gasteiger partial charge in [0.05, 0.1) is 27.7 Å². The Morgan fingerprint density at radius 1 is 0.444 bits per heavy atom. The molecule has 420 valence electrons. The number of quaternary nitrogens is 1. The first-order valence-corrected chi connectivity index (χ1v) is 31.5. The lowest BCUT2D eigenvalue weighted by molar-refractivity contribution is -0.870. The number of allylic oxidation sites excluding steroid dienone is 10. The first kappa shape index (κ1) is 69.7. The molecular weight excluding hydrogens is 918 g/mol. The number of phosphoric acid groups is 1. The zero-order valence-electron chi connectivity index (χ0n) is 47.6. The Balaban J connectivity index is 4.07. The minimum atomic E-state index is -4.64. The van der Waals surface area contributed by atoms with Crippen molar-refractivity contribution in [3.63, 3.8) is 0 Å². The number of likely N-dealkylation sites (N-methyl/N-ethyl adjacent to an activating group) is 1. The van der Waals surface area contributed by atoms with Gasteiger partial charge in [-0.2, -0.15) is 0 Å². The first-order chi connectivity index (χ1) is 35.0. The van der Waals surface area contributed by atoms with Crippen LogP contribution in [-0.4, -0.2) is 70.0 Å². The van der Waals surface area contributed by atoms with Crippen molar-refractivity contribution in [1.29, 1.82) is 0 Å². The van der Waals surface area contributed by atoms with Crippen molar-refractivity contribution >= 4 is 19.8 Å². The summed E-state index contributed by atoms with van der Waals surface area (Å²) in [5.41, 5.74) is 0. The lowest BCUT2D eigenvalue weighted by atomic mass is 10.0. The van der Waals surface area contributed by atoms with Gasteiger partial charge in [0.15, 0.2) is 6.10 Å². The predicted molar refractivity (Wildman–Crippen MR) is 305 cm³/mol. The van der Waals surface area contributed by atoms with E-state index < -0.39 is 26.5 Å². The van der Waals surface area contributed by atoms with Gasteiger partial charge in [-0.05, 0) is 77.0 Å². The van der Waals surface area contributed by atoms with Crippen molar-refractivity contribution in [2.75, 3.05) is 47.5 Å². The van der Waals surface area contributed by atoms with Gasteiger partial charge in [0, 0.05) is 12.8 Å². The molecule has 9 nitrogen and oxygen atoms in total. The van der Waals surface area contributed by atoms with E-state index in [0.29, 0.717) is 17.4 Å².